The molecule has 1 amide bonds. The standard InChI is InChI=1S/C16H22N2O5S/c1-3-13(24(20,21)18-7-4-5-8-18)11-14-12(2)17-15(19)16(14)22-9-6-10-23-16/h3,11H,2,4-10H2,1H3,(H,17,19). The van der Waals surface area contributed by atoms with E-state index in [2.05, 4.69) is 11.9 Å². The molecule has 0 aromatic carbocycles. The highest BCUT2D eigenvalue weighted by atomic mass is 32.2. The average molecular weight is 354 g/mol. The molecule has 0 bridgehead atoms. The van der Waals surface area contributed by atoms with E-state index in [4.69, 9.17) is 9.47 Å². The monoisotopic (exact) mass is 354 g/mol. The van der Waals surface area contributed by atoms with Crippen LogP contribution in [-0.4, -0.2) is 50.7 Å². The van der Waals surface area contributed by atoms with Gasteiger partial charge in [-0.3, -0.25) is 4.79 Å². The Hall–Kier alpha value is -1.48. The fraction of sp³-hybridized carbons (Fsp3) is 0.562. The third-order valence-electron chi connectivity index (χ3n) is 4.42. The molecule has 0 unspecified atom stereocenters. The molecular weight excluding hydrogens is 332 g/mol. The van der Waals surface area contributed by atoms with Gasteiger partial charge in [0.1, 0.15) is 0 Å². The summed E-state index contributed by atoms with van der Waals surface area (Å²) in [5.74, 6) is -2.06. The van der Waals surface area contributed by atoms with E-state index in [0.717, 1.165) is 12.8 Å². The van der Waals surface area contributed by atoms with Gasteiger partial charge >= 0.3 is 0 Å². The van der Waals surface area contributed by atoms with E-state index >= 15 is 0 Å². The molecule has 3 fully saturated rings. The Morgan fingerprint density at radius 1 is 1.25 bits per heavy atom. The summed E-state index contributed by atoms with van der Waals surface area (Å²) in [6.07, 6.45) is 5.36. The topological polar surface area (TPSA) is 84.9 Å². The lowest BCUT2D eigenvalue weighted by Gasteiger charge is -2.32. The summed E-state index contributed by atoms with van der Waals surface area (Å²) in [6, 6.07) is 0. The Kier molecular flexibility index (Phi) is 4.65. The van der Waals surface area contributed by atoms with Crippen molar-refractivity contribution in [2.75, 3.05) is 26.3 Å². The van der Waals surface area contributed by atoms with Crippen LogP contribution in [0.3, 0.4) is 0 Å². The maximum atomic E-state index is 12.8. The van der Waals surface area contributed by atoms with Gasteiger partial charge in [-0.2, -0.15) is 4.31 Å². The van der Waals surface area contributed by atoms with Crippen LogP contribution in [0.4, 0.5) is 0 Å². The number of ether oxygens (including phenoxy) is 2. The predicted molar refractivity (Wildman–Crippen MR) is 88.1 cm³/mol. The van der Waals surface area contributed by atoms with Gasteiger partial charge in [0, 0.05) is 24.4 Å². The summed E-state index contributed by atoms with van der Waals surface area (Å²) in [7, 11) is -3.61. The second-order valence-electron chi connectivity index (χ2n) is 5.96. The van der Waals surface area contributed by atoms with Gasteiger partial charge in [0.15, 0.2) is 0 Å². The molecule has 0 aromatic heterocycles. The minimum absolute atomic E-state index is 0.120. The van der Waals surface area contributed by atoms with E-state index in [9.17, 15) is 13.2 Å². The van der Waals surface area contributed by atoms with Crippen molar-refractivity contribution in [1.82, 2.24) is 9.62 Å². The van der Waals surface area contributed by atoms with Crippen molar-refractivity contribution in [3.8, 4) is 0 Å². The van der Waals surface area contributed by atoms with Crippen molar-refractivity contribution in [1.29, 1.82) is 0 Å². The number of amides is 1. The fourth-order valence-corrected chi connectivity index (χ4v) is 4.74. The lowest BCUT2D eigenvalue weighted by atomic mass is 10.1. The van der Waals surface area contributed by atoms with Crippen molar-refractivity contribution in [3.05, 3.63) is 34.9 Å². The van der Waals surface area contributed by atoms with E-state index in [0.29, 0.717) is 44.0 Å². The van der Waals surface area contributed by atoms with Crippen LogP contribution in [0.2, 0.25) is 0 Å². The number of nitrogens with one attached hydrogen (secondary N) is 1. The Labute approximate surface area is 142 Å². The highest BCUT2D eigenvalue weighted by Gasteiger charge is 2.53. The maximum absolute atomic E-state index is 12.8. The van der Waals surface area contributed by atoms with Crippen LogP contribution < -0.4 is 5.32 Å². The molecule has 3 aliphatic heterocycles. The van der Waals surface area contributed by atoms with E-state index in [1.54, 1.807) is 6.92 Å². The molecular formula is C16H22N2O5S. The number of carbonyl (C=O) groups is 1. The van der Waals surface area contributed by atoms with Crippen LogP contribution in [0.25, 0.3) is 0 Å². The summed E-state index contributed by atoms with van der Waals surface area (Å²) < 4.78 is 38.3. The van der Waals surface area contributed by atoms with Gasteiger partial charge in [0.05, 0.1) is 18.1 Å². The van der Waals surface area contributed by atoms with Gasteiger partial charge in [0.25, 0.3) is 11.7 Å². The minimum Gasteiger partial charge on any atom is -0.338 e. The number of hydrogen-bond donors (Lipinski definition) is 1. The lowest BCUT2D eigenvalue weighted by Crippen LogP contribution is -2.48. The van der Waals surface area contributed by atoms with E-state index in [1.165, 1.54) is 16.5 Å². The van der Waals surface area contributed by atoms with Gasteiger partial charge in [0.2, 0.25) is 10.0 Å². The molecule has 3 rings (SSSR count). The molecule has 1 N–H and O–H groups in total. The number of allylic oxidation sites excluding steroid dienone is 2. The second-order valence-corrected chi connectivity index (χ2v) is 7.90. The van der Waals surface area contributed by atoms with Crippen molar-refractivity contribution in [3.63, 3.8) is 0 Å². The molecule has 0 radical (unpaired) electrons. The Bertz CT molecular complexity index is 711. The van der Waals surface area contributed by atoms with Gasteiger partial charge in [-0.25, -0.2) is 8.42 Å². The Morgan fingerprint density at radius 3 is 2.46 bits per heavy atom. The predicted octanol–water partition coefficient (Wildman–Crippen LogP) is 1.02. The first-order valence-corrected chi connectivity index (χ1v) is 9.53. The van der Waals surface area contributed by atoms with Crippen LogP contribution in [0.15, 0.2) is 34.9 Å². The Balaban J connectivity index is 2.00. The number of rotatable bonds is 3. The fourth-order valence-electron chi connectivity index (χ4n) is 3.14. The highest BCUT2D eigenvalue weighted by molar-refractivity contribution is 7.93. The van der Waals surface area contributed by atoms with Crippen molar-refractivity contribution < 1.29 is 22.7 Å². The van der Waals surface area contributed by atoms with Gasteiger partial charge in [-0.15, -0.1) is 0 Å². The van der Waals surface area contributed by atoms with Crippen molar-refractivity contribution >= 4 is 15.9 Å². The van der Waals surface area contributed by atoms with Gasteiger partial charge < -0.3 is 14.8 Å². The van der Waals surface area contributed by atoms with Crippen LogP contribution in [0, 0.1) is 0 Å². The smallest absolute Gasteiger partial charge is 0.289 e. The van der Waals surface area contributed by atoms with Gasteiger partial charge in [-0.1, -0.05) is 12.7 Å². The molecule has 1 spiro atoms. The first-order valence-electron chi connectivity index (χ1n) is 8.09. The number of nitrogens with zero attached hydrogens (tertiary/aromatic N) is 1. The molecule has 0 aromatic rings. The van der Waals surface area contributed by atoms with Crippen LogP contribution in [0.1, 0.15) is 26.2 Å². The summed E-state index contributed by atoms with van der Waals surface area (Å²) in [5, 5.41) is 2.59. The molecule has 132 valence electrons. The normalized spacial score (nSPS) is 27.2. The molecule has 8 heteroatoms. The first kappa shape index (κ1) is 17.3. The molecule has 0 atom stereocenters. The molecule has 7 nitrogen and oxygen atoms in total. The van der Waals surface area contributed by atoms with Crippen molar-refractivity contribution in [2.24, 2.45) is 0 Å². The third kappa shape index (κ3) is 2.73. The zero-order chi connectivity index (χ0) is 17.4. The van der Waals surface area contributed by atoms with Crippen LogP contribution in [0.5, 0.6) is 0 Å². The summed E-state index contributed by atoms with van der Waals surface area (Å²) in [6.45, 7) is 7.21. The van der Waals surface area contributed by atoms with Crippen molar-refractivity contribution in [2.45, 2.75) is 32.0 Å². The number of hydrogen-bond acceptors (Lipinski definition) is 5. The van der Waals surface area contributed by atoms with Gasteiger partial charge in [-0.05, 0) is 32.3 Å². The molecule has 24 heavy (non-hydrogen) atoms. The summed E-state index contributed by atoms with van der Waals surface area (Å²) in [5.41, 5.74) is 0.626. The number of carbonyl (C=O) groups excluding carboxylic acids is 1. The average Bonchev–Trinajstić information content (AvgIpc) is 3.17. The Morgan fingerprint density at radius 2 is 1.88 bits per heavy atom. The highest BCUT2D eigenvalue weighted by Crippen LogP contribution is 2.37. The number of sulfonamides is 1. The van der Waals surface area contributed by atoms with E-state index in [-0.39, 0.29) is 4.91 Å². The second kappa shape index (κ2) is 6.44. The molecule has 3 aliphatic rings. The first-order chi connectivity index (χ1) is 11.4. The van der Waals surface area contributed by atoms with E-state index in [1.807, 2.05) is 0 Å². The molecule has 3 heterocycles. The zero-order valence-corrected chi connectivity index (χ0v) is 14.5. The largest absolute Gasteiger partial charge is 0.338 e. The van der Waals surface area contributed by atoms with Crippen LogP contribution in [-0.2, 0) is 24.3 Å². The lowest BCUT2D eigenvalue weighted by molar-refractivity contribution is -0.229. The SMILES string of the molecule is C=C1NC(=O)C2(OCCCO2)C1=CC(=CC)S(=O)(=O)N1CCCC1. The van der Waals surface area contributed by atoms with E-state index < -0.39 is 21.7 Å². The quantitative estimate of drug-likeness (QED) is 0.818. The minimum atomic E-state index is -3.61. The molecule has 3 saturated heterocycles. The zero-order valence-electron chi connectivity index (χ0n) is 13.7. The summed E-state index contributed by atoms with van der Waals surface area (Å²) >= 11 is 0. The third-order valence-corrected chi connectivity index (χ3v) is 6.41. The van der Waals surface area contributed by atoms with Crippen LogP contribution >= 0.6 is 0 Å². The summed E-state index contributed by atoms with van der Waals surface area (Å²) in [4.78, 5) is 12.4. The maximum Gasteiger partial charge on any atom is 0.289 e. The molecule has 0 aliphatic carbocycles. The molecule has 0 saturated carbocycles.